The summed E-state index contributed by atoms with van der Waals surface area (Å²) in [5, 5.41) is 12.0. The maximum Gasteiger partial charge on any atom is 0.411 e. The van der Waals surface area contributed by atoms with Crippen LogP contribution in [-0.2, 0) is 11.3 Å². The number of amides is 1. The summed E-state index contributed by atoms with van der Waals surface area (Å²) in [5.41, 5.74) is 2.22. The van der Waals surface area contributed by atoms with Gasteiger partial charge in [-0.25, -0.2) is 4.79 Å². The molecule has 0 aromatic heterocycles. The van der Waals surface area contributed by atoms with Gasteiger partial charge in [0.2, 0.25) is 0 Å². The Morgan fingerprint density at radius 2 is 1.95 bits per heavy atom. The average molecular weight is 257 g/mol. The van der Waals surface area contributed by atoms with Crippen molar-refractivity contribution in [1.29, 1.82) is 0 Å². The van der Waals surface area contributed by atoms with Crippen LogP contribution in [0, 0.1) is 6.92 Å². The molecule has 2 rings (SSSR count). The minimum Gasteiger partial charge on any atom is -0.508 e. The molecule has 0 saturated heterocycles. The number of aromatic hydroxyl groups is 1. The van der Waals surface area contributed by atoms with E-state index >= 15 is 0 Å². The van der Waals surface area contributed by atoms with Crippen LogP contribution >= 0.6 is 0 Å². The van der Waals surface area contributed by atoms with Crippen molar-refractivity contribution < 1.29 is 14.6 Å². The van der Waals surface area contributed by atoms with Crippen LogP contribution in [0.15, 0.2) is 48.5 Å². The number of benzene rings is 2. The Bertz CT molecular complexity index is 567. The van der Waals surface area contributed by atoms with Gasteiger partial charge in [0, 0.05) is 5.69 Å². The summed E-state index contributed by atoms with van der Waals surface area (Å²) < 4.78 is 5.09. The number of anilines is 1. The van der Waals surface area contributed by atoms with Crippen LogP contribution < -0.4 is 5.32 Å². The van der Waals surface area contributed by atoms with E-state index in [0.29, 0.717) is 11.3 Å². The highest BCUT2D eigenvalue weighted by atomic mass is 16.5. The van der Waals surface area contributed by atoms with Gasteiger partial charge >= 0.3 is 6.09 Å². The summed E-state index contributed by atoms with van der Waals surface area (Å²) in [6.07, 6.45) is -0.519. The van der Waals surface area contributed by atoms with Crippen molar-refractivity contribution in [3.63, 3.8) is 0 Å². The van der Waals surface area contributed by atoms with Crippen molar-refractivity contribution in [2.75, 3.05) is 5.32 Å². The number of rotatable bonds is 3. The van der Waals surface area contributed by atoms with Crippen LogP contribution in [0.4, 0.5) is 10.5 Å². The second kappa shape index (κ2) is 5.91. The van der Waals surface area contributed by atoms with Crippen molar-refractivity contribution in [2.24, 2.45) is 0 Å². The van der Waals surface area contributed by atoms with Crippen LogP contribution in [0.1, 0.15) is 11.1 Å². The molecule has 2 N–H and O–H groups in total. The second-order valence-electron chi connectivity index (χ2n) is 4.19. The molecule has 98 valence electrons. The number of hydrogen-bond acceptors (Lipinski definition) is 3. The number of aryl methyl sites for hydroxylation is 1. The Balaban J connectivity index is 1.89. The molecular weight excluding hydrogens is 242 g/mol. The van der Waals surface area contributed by atoms with Crippen LogP contribution in [-0.4, -0.2) is 11.2 Å². The number of ether oxygens (including phenoxy) is 1. The summed E-state index contributed by atoms with van der Waals surface area (Å²) in [4.78, 5) is 11.6. The lowest BCUT2D eigenvalue weighted by Crippen LogP contribution is -2.13. The Labute approximate surface area is 111 Å². The molecule has 0 atom stereocenters. The number of hydrogen-bond donors (Lipinski definition) is 2. The van der Waals surface area contributed by atoms with Gasteiger partial charge in [0.15, 0.2) is 0 Å². The Morgan fingerprint density at radius 3 is 2.63 bits per heavy atom. The molecular formula is C15H15NO3. The molecule has 0 aliphatic heterocycles. The van der Waals surface area contributed by atoms with Gasteiger partial charge in [0.25, 0.3) is 0 Å². The Kier molecular flexibility index (Phi) is 4.03. The zero-order chi connectivity index (χ0) is 13.7. The fourth-order valence-corrected chi connectivity index (χ4v) is 1.61. The van der Waals surface area contributed by atoms with Crippen LogP contribution in [0.25, 0.3) is 0 Å². The first-order chi connectivity index (χ1) is 9.15. The fraction of sp³-hybridized carbons (Fsp3) is 0.133. The molecule has 0 bridgehead atoms. The normalized spacial score (nSPS) is 9.95. The van der Waals surface area contributed by atoms with E-state index in [4.69, 9.17) is 4.74 Å². The molecule has 2 aromatic rings. The number of phenolic OH excluding ortho intramolecular Hbond substituents is 1. The summed E-state index contributed by atoms with van der Waals surface area (Å²) >= 11 is 0. The third-order valence-electron chi connectivity index (χ3n) is 2.66. The van der Waals surface area contributed by atoms with Gasteiger partial charge in [-0.05, 0) is 36.2 Å². The van der Waals surface area contributed by atoms with E-state index in [9.17, 15) is 9.90 Å². The monoisotopic (exact) mass is 257 g/mol. The summed E-state index contributed by atoms with van der Waals surface area (Å²) in [6.45, 7) is 1.99. The van der Waals surface area contributed by atoms with Crippen LogP contribution in [0.5, 0.6) is 5.75 Å². The summed E-state index contributed by atoms with van der Waals surface area (Å²) in [5.74, 6) is 0.197. The van der Waals surface area contributed by atoms with E-state index in [1.165, 1.54) is 6.07 Å². The topological polar surface area (TPSA) is 58.6 Å². The molecule has 19 heavy (non-hydrogen) atoms. The van der Waals surface area contributed by atoms with Crippen LogP contribution in [0.3, 0.4) is 0 Å². The summed E-state index contributed by atoms with van der Waals surface area (Å²) in [7, 11) is 0. The van der Waals surface area contributed by atoms with Crippen molar-refractivity contribution in [3.8, 4) is 5.75 Å². The van der Waals surface area contributed by atoms with E-state index in [-0.39, 0.29) is 12.4 Å². The van der Waals surface area contributed by atoms with E-state index in [1.54, 1.807) is 19.1 Å². The van der Waals surface area contributed by atoms with Gasteiger partial charge in [-0.15, -0.1) is 0 Å². The molecule has 0 unspecified atom stereocenters. The zero-order valence-electron chi connectivity index (χ0n) is 10.6. The van der Waals surface area contributed by atoms with E-state index in [0.717, 1.165) is 5.56 Å². The van der Waals surface area contributed by atoms with E-state index < -0.39 is 6.09 Å². The highest BCUT2D eigenvalue weighted by molar-refractivity contribution is 5.84. The molecule has 0 radical (unpaired) electrons. The van der Waals surface area contributed by atoms with Crippen molar-refractivity contribution in [1.82, 2.24) is 0 Å². The van der Waals surface area contributed by atoms with Gasteiger partial charge in [0.1, 0.15) is 12.4 Å². The third kappa shape index (κ3) is 3.74. The van der Waals surface area contributed by atoms with Gasteiger partial charge in [-0.2, -0.15) is 0 Å². The smallest absolute Gasteiger partial charge is 0.411 e. The first kappa shape index (κ1) is 13.0. The molecule has 0 spiro atoms. The third-order valence-corrected chi connectivity index (χ3v) is 2.66. The van der Waals surface area contributed by atoms with Crippen molar-refractivity contribution in [3.05, 3.63) is 59.7 Å². The van der Waals surface area contributed by atoms with E-state index in [2.05, 4.69) is 5.32 Å². The van der Waals surface area contributed by atoms with Crippen molar-refractivity contribution >= 4 is 11.8 Å². The highest BCUT2D eigenvalue weighted by Gasteiger charge is 2.05. The molecule has 0 fully saturated rings. The molecule has 1 amide bonds. The van der Waals surface area contributed by atoms with Gasteiger partial charge < -0.3 is 9.84 Å². The Morgan fingerprint density at radius 1 is 1.21 bits per heavy atom. The predicted molar refractivity (Wildman–Crippen MR) is 73.1 cm³/mol. The number of nitrogens with one attached hydrogen (secondary N) is 1. The predicted octanol–water partition coefficient (Wildman–Crippen LogP) is 3.45. The number of phenols is 1. The molecule has 4 heteroatoms. The summed E-state index contributed by atoms with van der Waals surface area (Å²) in [6, 6.07) is 14.3. The lowest BCUT2D eigenvalue weighted by molar-refractivity contribution is 0.155. The SMILES string of the molecule is Cc1cc(NC(=O)OCc2ccccc2)ccc1O. The Hall–Kier alpha value is -2.49. The minimum atomic E-state index is -0.519. The lowest BCUT2D eigenvalue weighted by Gasteiger charge is -2.08. The molecule has 0 aliphatic rings. The first-order valence-electron chi connectivity index (χ1n) is 5.92. The van der Waals surface area contributed by atoms with E-state index in [1.807, 2.05) is 30.3 Å². The van der Waals surface area contributed by atoms with Gasteiger partial charge in [-0.3, -0.25) is 5.32 Å². The standard InChI is InChI=1S/C15H15NO3/c1-11-9-13(7-8-14(11)17)16-15(18)19-10-12-5-3-2-4-6-12/h2-9,17H,10H2,1H3,(H,16,18). The average Bonchev–Trinajstić information content (AvgIpc) is 2.42. The zero-order valence-corrected chi connectivity index (χ0v) is 10.6. The number of carbonyl (C=O) groups is 1. The van der Waals surface area contributed by atoms with Crippen LogP contribution in [0.2, 0.25) is 0 Å². The molecule has 0 heterocycles. The molecule has 0 saturated carbocycles. The molecule has 0 aliphatic carbocycles. The highest BCUT2D eigenvalue weighted by Crippen LogP contribution is 2.20. The molecule has 2 aromatic carbocycles. The fourth-order valence-electron chi connectivity index (χ4n) is 1.61. The first-order valence-corrected chi connectivity index (χ1v) is 5.92. The largest absolute Gasteiger partial charge is 0.508 e. The minimum absolute atomic E-state index is 0.197. The maximum atomic E-state index is 11.6. The maximum absolute atomic E-state index is 11.6. The van der Waals surface area contributed by atoms with Gasteiger partial charge in [-0.1, -0.05) is 30.3 Å². The lowest BCUT2D eigenvalue weighted by atomic mass is 10.2. The van der Waals surface area contributed by atoms with Crippen molar-refractivity contribution in [2.45, 2.75) is 13.5 Å². The second-order valence-corrected chi connectivity index (χ2v) is 4.19. The number of carbonyl (C=O) groups excluding carboxylic acids is 1. The quantitative estimate of drug-likeness (QED) is 0.828. The van der Waals surface area contributed by atoms with Gasteiger partial charge in [0.05, 0.1) is 0 Å². The molecule has 4 nitrogen and oxygen atoms in total.